The molecule has 1 unspecified atom stereocenters. The molecular formula is C12H21N3O2S. The molecule has 1 atom stereocenters. The van der Waals surface area contributed by atoms with E-state index in [0.29, 0.717) is 0 Å². The lowest BCUT2D eigenvalue weighted by Crippen LogP contribution is -2.40. The Kier molecular flexibility index (Phi) is 4.47. The highest BCUT2D eigenvalue weighted by Crippen LogP contribution is 2.21. The third-order valence-corrected chi connectivity index (χ3v) is 3.83. The van der Waals surface area contributed by atoms with Gasteiger partial charge < -0.3 is 5.32 Å². The van der Waals surface area contributed by atoms with Gasteiger partial charge in [-0.25, -0.2) is 13.6 Å². The van der Waals surface area contributed by atoms with Crippen molar-refractivity contribution in [3.05, 3.63) is 24.0 Å². The second-order valence-electron chi connectivity index (χ2n) is 5.44. The molecule has 6 heteroatoms. The molecular weight excluding hydrogens is 250 g/mol. The van der Waals surface area contributed by atoms with Crippen LogP contribution in [-0.2, 0) is 16.4 Å². The molecule has 0 fully saturated rings. The highest BCUT2D eigenvalue weighted by atomic mass is 32.2. The standard InChI is InChI=1S/C12H21N3O2S/c1-12(2,3)11(14-4)7-9-5-6-10(8-15-9)18(13,16)17/h5-6,8,11,14H,7H2,1-4H3,(H2,13,16,17). The van der Waals surface area contributed by atoms with Crippen molar-refractivity contribution in [2.45, 2.75) is 38.1 Å². The van der Waals surface area contributed by atoms with Crippen LogP contribution < -0.4 is 10.5 Å². The molecule has 0 aliphatic heterocycles. The van der Waals surface area contributed by atoms with Gasteiger partial charge in [0.05, 0.1) is 0 Å². The van der Waals surface area contributed by atoms with Crippen LogP contribution in [0.3, 0.4) is 0 Å². The van der Waals surface area contributed by atoms with Gasteiger partial charge >= 0.3 is 0 Å². The fourth-order valence-electron chi connectivity index (χ4n) is 1.75. The summed E-state index contributed by atoms with van der Waals surface area (Å²) >= 11 is 0. The number of pyridine rings is 1. The molecule has 0 aliphatic carbocycles. The zero-order valence-electron chi connectivity index (χ0n) is 11.3. The molecule has 0 saturated heterocycles. The molecule has 1 rings (SSSR count). The predicted molar refractivity (Wildman–Crippen MR) is 71.6 cm³/mol. The number of likely N-dealkylation sites (N-methyl/N-ethyl adjacent to an activating group) is 1. The molecule has 18 heavy (non-hydrogen) atoms. The van der Waals surface area contributed by atoms with Gasteiger partial charge in [0.25, 0.3) is 0 Å². The van der Waals surface area contributed by atoms with Gasteiger partial charge in [-0.15, -0.1) is 0 Å². The van der Waals surface area contributed by atoms with Crippen molar-refractivity contribution in [3.63, 3.8) is 0 Å². The number of primary sulfonamides is 1. The van der Waals surface area contributed by atoms with Gasteiger partial charge in [-0.2, -0.15) is 0 Å². The molecule has 5 nitrogen and oxygen atoms in total. The first-order valence-electron chi connectivity index (χ1n) is 5.79. The molecule has 1 heterocycles. The number of nitrogens with two attached hydrogens (primary N) is 1. The maximum atomic E-state index is 11.1. The van der Waals surface area contributed by atoms with Crippen LogP contribution in [0, 0.1) is 5.41 Å². The lowest BCUT2D eigenvalue weighted by molar-refractivity contribution is 0.278. The van der Waals surface area contributed by atoms with Crippen LogP contribution >= 0.6 is 0 Å². The molecule has 1 aromatic heterocycles. The van der Waals surface area contributed by atoms with Gasteiger partial charge in [0.2, 0.25) is 10.0 Å². The molecule has 0 radical (unpaired) electrons. The third-order valence-electron chi connectivity index (χ3n) is 2.93. The molecule has 1 aromatic rings. The van der Waals surface area contributed by atoms with Crippen molar-refractivity contribution in [1.82, 2.24) is 10.3 Å². The fourth-order valence-corrected chi connectivity index (χ4v) is 2.21. The van der Waals surface area contributed by atoms with Crippen LogP contribution in [0.5, 0.6) is 0 Å². The van der Waals surface area contributed by atoms with E-state index >= 15 is 0 Å². The summed E-state index contributed by atoms with van der Waals surface area (Å²) in [5.74, 6) is 0. The summed E-state index contributed by atoms with van der Waals surface area (Å²) in [6.07, 6.45) is 2.05. The van der Waals surface area contributed by atoms with Crippen LogP contribution in [0.25, 0.3) is 0 Å². The summed E-state index contributed by atoms with van der Waals surface area (Å²) in [4.78, 5) is 4.19. The third kappa shape index (κ3) is 4.04. The van der Waals surface area contributed by atoms with Crippen LogP contribution in [0.4, 0.5) is 0 Å². The first-order chi connectivity index (χ1) is 8.14. The summed E-state index contributed by atoms with van der Waals surface area (Å²) in [5.41, 5.74) is 0.950. The molecule has 102 valence electrons. The number of sulfonamides is 1. The van der Waals surface area contributed by atoms with Crippen molar-refractivity contribution < 1.29 is 8.42 Å². The Labute approximate surface area is 109 Å². The Morgan fingerprint density at radius 2 is 2.00 bits per heavy atom. The highest BCUT2D eigenvalue weighted by Gasteiger charge is 2.23. The SMILES string of the molecule is CNC(Cc1ccc(S(N)(=O)=O)cn1)C(C)(C)C. The summed E-state index contributed by atoms with van der Waals surface area (Å²) < 4.78 is 22.2. The van der Waals surface area contributed by atoms with E-state index in [1.54, 1.807) is 6.07 Å². The van der Waals surface area contributed by atoms with Crippen molar-refractivity contribution in [1.29, 1.82) is 0 Å². The molecule has 3 N–H and O–H groups in total. The monoisotopic (exact) mass is 271 g/mol. The minimum Gasteiger partial charge on any atom is -0.316 e. The Balaban J connectivity index is 2.87. The van der Waals surface area contributed by atoms with E-state index in [4.69, 9.17) is 5.14 Å². The topological polar surface area (TPSA) is 85.1 Å². The lowest BCUT2D eigenvalue weighted by Gasteiger charge is -2.30. The van der Waals surface area contributed by atoms with Crippen LogP contribution in [0.1, 0.15) is 26.5 Å². The molecule has 0 saturated carbocycles. The fraction of sp³-hybridized carbons (Fsp3) is 0.583. The minimum atomic E-state index is -3.66. The smallest absolute Gasteiger partial charge is 0.239 e. The Bertz CT molecular complexity index is 489. The minimum absolute atomic E-state index is 0.0445. The molecule has 0 amide bonds. The van der Waals surface area contributed by atoms with Crippen molar-refractivity contribution >= 4 is 10.0 Å². The Hall–Kier alpha value is -0.980. The Morgan fingerprint density at radius 3 is 2.33 bits per heavy atom. The molecule has 0 bridgehead atoms. The zero-order valence-corrected chi connectivity index (χ0v) is 12.1. The highest BCUT2D eigenvalue weighted by molar-refractivity contribution is 7.89. The number of hydrogen-bond acceptors (Lipinski definition) is 4. The summed E-state index contributed by atoms with van der Waals surface area (Å²) in [5, 5.41) is 8.28. The first-order valence-corrected chi connectivity index (χ1v) is 7.34. The van der Waals surface area contributed by atoms with E-state index in [-0.39, 0.29) is 16.4 Å². The second-order valence-corrected chi connectivity index (χ2v) is 7.00. The van der Waals surface area contributed by atoms with E-state index in [1.165, 1.54) is 12.3 Å². The number of nitrogens with one attached hydrogen (secondary N) is 1. The predicted octanol–water partition coefficient (Wildman–Crippen LogP) is 0.906. The zero-order chi connectivity index (χ0) is 14.0. The first kappa shape index (κ1) is 15.1. The normalized spacial score (nSPS) is 14.5. The van der Waals surface area contributed by atoms with Crippen molar-refractivity contribution in [3.8, 4) is 0 Å². The number of aromatic nitrogens is 1. The Morgan fingerprint density at radius 1 is 1.39 bits per heavy atom. The van der Waals surface area contributed by atoms with Crippen molar-refractivity contribution in [2.24, 2.45) is 10.6 Å². The van der Waals surface area contributed by atoms with Crippen molar-refractivity contribution in [2.75, 3.05) is 7.05 Å². The maximum absolute atomic E-state index is 11.1. The summed E-state index contributed by atoms with van der Waals surface area (Å²) in [7, 11) is -1.75. The average Bonchev–Trinajstić information content (AvgIpc) is 2.23. The van der Waals surface area contributed by atoms with E-state index in [0.717, 1.165) is 12.1 Å². The van der Waals surface area contributed by atoms with E-state index in [1.807, 2.05) is 7.05 Å². The largest absolute Gasteiger partial charge is 0.316 e. The van der Waals surface area contributed by atoms with Gasteiger partial charge in [-0.3, -0.25) is 4.98 Å². The summed E-state index contributed by atoms with van der Waals surface area (Å²) in [6.45, 7) is 6.44. The van der Waals surface area contributed by atoms with E-state index in [9.17, 15) is 8.42 Å². The van der Waals surface area contributed by atoms with E-state index in [2.05, 4.69) is 31.1 Å². The average molecular weight is 271 g/mol. The number of hydrogen-bond donors (Lipinski definition) is 2. The van der Waals surface area contributed by atoms with Crippen LogP contribution in [-0.4, -0.2) is 26.5 Å². The second kappa shape index (κ2) is 5.34. The van der Waals surface area contributed by atoms with Gasteiger partial charge in [-0.05, 0) is 24.6 Å². The molecule has 0 aromatic carbocycles. The van der Waals surface area contributed by atoms with Crippen LogP contribution in [0.15, 0.2) is 23.2 Å². The number of nitrogens with zero attached hydrogens (tertiary/aromatic N) is 1. The summed E-state index contributed by atoms with van der Waals surface area (Å²) in [6, 6.07) is 3.47. The van der Waals surface area contributed by atoms with Gasteiger partial charge in [0, 0.05) is 24.4 Å². The van der Waals surface area contributed by atoms with Gasteiger partial charge in [-0.1, -0.05) is 20.8 Å². The quantitative estimate of drug-likeness (QED) is 0.852. The lowest BCUT2D eigenvalue weighted by atomic mass is 9.84. The van der Waals surface area contributed by atoms with E-state index < -0.39 is 10.0 Å². The maximum Gasteiger partial charge on any atom is 0.239 e. The van der Waals surface area contributed by atoms with Gasteiger partial charge in [0.15, 0.2) is 0 Å². The van der Waals surface area contributed by atoms with Gasteiger partial charge in [0.1, 0.15) is 4.90 Å². The molecule has 0 aliphatic rings. The molecule has 0 spiro atoms. The van der Waals surface area contributed by atoms with Crippen LogP contribution in [0.2, 0.25) is 0 Å². The number of rotatable bonds is 4.